The SMILES string of the molecule is CC(C)C1=CC(C(C)C)[C]([Zr+2])=C1.[Cl-].[Cl-]. The van der Waals surface area contributed by atoms with E-state index < -0.39 is 0 Å². The molecule has 79 valence electrons. The van der Waals surface area contributed by atoms with E-state index in [9.17, 15) is 0 Å². The Morgan fingerprint density at radius 3 is 1.86 bits per heavy atom. The van der Waals surface area contributed by atoms with Crippen molar-refractivity contribution < 1.29 is 49.5 Å². The van der Waals surface area contributed by atoms with Crippen LogP contribution in [-0.2, 0) is 24.7 Å². The van der Waals surface area contributed by atoms with Crippen LogP contribution in [0.1, 0.15) is 27.7 Å². The smallest absolute Gasteiger partial charge is 1.00 e. The average molecular weight is 311 g/mol. The molecule has 0 spiro atoms. The Labute approximate surface area is 115 Å². The molecule has 1 rings (SSSR count). The first-order valence-electron chi connectivity index (χ1n) is 4.67. The van der Waals surface area contributed by atoms with Gasteiger partial charge in [0.2, 0.25) is 0 Å². The van der Waals surface area contributed by atoms with Gasteiger partial charge >= 0.3 is 91.2 Å². The second-order valence-electron chi connectivity index (χ2n) is 4.19. The molecule has 0 radical (unpaired) electrons. The Morgan fingerprint density at radius 2 is 1.64 bits per heavy atom. The van der Waals surface area contributed by atoms with Crippen LogP contribution < -0.4 is 24.8 Å². The van der Waals surface area contributed by atoms with Crippen molar-refractivity contribution in [3.63, 3.8) is 0 Å². The summed E-state index contributed by atoms with van der Waals surface area (Å²) in [7, 11) is 0. The van der Waals surface area contributed by atoms with Crippen molar-refractivity contribution in [1.82, 2.24) is 0 Å². The Kier molecular flexibility index (Phi) is 8.99. The Balaban J connectivity index is 0. The maximum Gasteiger partial charge on any atom is -1.00 e. The standard InChI is InChI=1S/C11H17.2ClH.Zr/c1-8(2)10-5-6-11(7-10)9(3)4;;;/h5,7-9,11H,1-4H3;2*1H;/q;;;+2/p-2. The molecule has 14 heavy (non-hydrogen) atoms. The molecule has 1 aliphatic rings. The fraction of sp³-hybridized carbons (Fsp3) is 0.636. The van der Waals surface area contributed by atoms with E-state index in [4.69, 9.17) is 0 Å². The molecule has 0 bridgehead atoms. The van der Waals surface area contributed by atoms with E-state index >= 15 is 0 Å². The average Bonchev–Trinajstić information content (AvgIpc) is 2.30. The van der Waals surface area contributed by atoms with Crippen molar-refractivity contribution in [2.45, 2.75) is 27.7 Å². The summed E-state index contributed by atoms with van der Waals surface area (Å²) in [5.74, 6) is 2.21. The summed E-state index contributed by atoms with van der Waals surface area (Å²) in [4.78, 5) is 0. The fourth-order valence-electron chi connectivity index (χ4n) is 1.53. The van der Waals surface area contributed by atoms with Crippen LogP contribution in [0, 0.1) is 17.8 Å². The molecular formula is C11H17Cl2Zr. The predicted octanol–water partition coefficient (Wildman–Crippen LogP) is -2.71. The van der Waals surface area contributed by atoms with Crippen LogP contribution >= 0.6 is 0 Å². The first kappa shape index (κ1) is 17.3. The van der Waals surface area contributed by atoms with Crippen molar-refractivity contribution in [1.29, 1.82) is 0 Å². The fourth-order valence-corrected chi connectivity index (χ4v) is 2.97. The van der Waals surface area contributed by atoms with Gasteiger partial charge in [-0.2, -0.15) is 0 Å². The molecule has 3 heteroatoms. The number of hydrogen-bond acceptors (Lipinski definition) is 0. The number of allylic oxidation sites excluding steroid dienone is 4. The van der Waals surface area contributed by atoms with Gasteiger partial charge in [0, 0.05) is 0 Å². The summed E-state index contributed by atoms with van der Waals surface area (Å²) in [5, 5.41) is 0. The zero-order valence-corrected chi connectivity index (χ0v) is 13.1. The molecule has 0 nitrogen and oxygen atoms in total. The molecule has 0 N–H and O–H groups in total. The van der Waals surface area contributed by atoms with Gasteiger partial charge < -0.3 is 24.8 Å². The maximum absolute atomic E-state index is 2.46. The summed E-state index contributed by atoms with van der Waals surface area (Å²) in [6, 6.07) is 0. The molecular weight excluding hydrogens is 294 g/mol. The second-order valence-corrected chi connectivity index (χ2v) is 5.61. The van der Waals surface area contributed by atoms with Crippen LogP contribution in [0.5, 0.6) is 0 Å². The number of rotatable bonds is 2. The van der Waals surface area contributed by atoms with Gasteiger partial charge in [0.25, 0.3) is 0 Å². The molecule has 1 atom stereocenters. The van der Waals surface area contributed by atoms with E-state index in [0.717, 1.165) is 11.8 Å². The summed E-state index contributed by atoms with van der Waals surface area (Å²) in [6.45, 7) is 9.16. The number of halogens is 2. The van der Waals surface area contributed by atoms with Crippen LogP contribution in [0.25, 0.3) is 0 Å². The first-order chi connectivity index (χ1) is 5.52. The van der Waals surface area contributed by atoms with Crippen LogP contribution in [0.3, 0.4) is 0 Å². The van der Waals surface area contributed by atoms with Gasteiger partial charge in [0.05, 0.1) is 0 Å². The maximum atomic E-state index is 2.46. The molecule has 1 unspecified atom stereocenters. The Hall–Kier alpha value is 0.943. The third-order valence-electron chi connectivity index (χ3n) is 2.44. The van der Waals surface area contributed by atoms with Crippen molar-refractivity contribution in [3.8, 4) is 0 Å². The molecule has 0 saturated heterocycles. The van der Waals surface area contributed by atoms with E-state index in [1.165, 1.54) is 0 Å². The van der Waals surface area contributed by atoms with E-state index in [1.807, 2.05) is 0 Å². The minimum Gasteiger partial charge on any atom is -1.00 e. The minimum absolute atomic E-state index is 0. The molecule has 0 heterocycles. The minimum atomic E-state index is 0. The van der Waals surface area contributed by atoms with Crippen molar-refractivity contribution in [2.75, 3.05) is 0 Å². The third-order valence-corrected chi connectivity index (χ3v) is 3.61. The summed E-state index contributed by atoms with van der Waals surface area (Å²) in [5.41, 5.74) is 1.54. The summed E-state index contributed by atoms with van der Waals surface area (Å²) >= 11 is 1.59. The molecule has 0 amide bonds. The molecule has 0 aromatic carbocycles. The molecule has 0 saturated carbocycles. The van der Waals surface area contributed by atoms with Crippen LogP contribution in [0.4, 0.5) is 0 Å². The van der Waals surface area contributed by atoms with E-state index in [1.54, 1.807) is 33.6 Å². The van der Waals surface area contributed by atoms with E-state index in [0.29, 0.717) is 5.92 Å². The van der Waals surface area contributed by atoms with Gasteiger partial charge in [-0.25, -0.2) is 0 Å². The van der Waals surface area contributed by atoms with Gasteiger partial charge in [-0.15, -0.1) is 0 Å². The molecule has 0 aliphatic heterocycles. The van der Waals surface area contributed by atoms with E-state index in [2.05, 4.69) is 39.8 Å². The summed E-state index contributed by atoms with van der Waals surface area (Å²) < 4.78 is 1.63. The Bertz CT molecular complexity index is 229. The van der Waals surface area contributed by atoms with E-state index in [-0.39, 0.29) is 24.8 Å². The molecule has 0 aromatic rings. The van der Waals surface area contributed by atoms with Crippen molar-refractivity contribution in [3.05, 3.63) is 21.0 Å². The molecule has 1 aliphatic carbocycles. The third kappa shape index (κ3) is 4.21. The van der Waals surface area contributed by atoms with Gasteiger partial charge in [-0.1, -0.05) is 0 Å². The first-order valence-corrected chi connectivity index (χ1v) is 5.90. The van der Waals surface area contributed by atoms with Crippen LogP contribution in [-0.4, -0.2) is 0 Å². The van der Waals surface area contributed by atoms with Crippen molar-refractivity contribution >= 4 is 0 Å². The van der Waals surface area contributed by atoms with Gasteiger partial charge in [-0.05, 0) is 0 Å². The number of hydrogen-bond donors (Lipinski definition) is 0. The molecule has 0 fully saturated rings. The van der Waals surface area contributed by atoms with Crippen LogP contribution in [0.15, 0.2) is 21.0 Å². The van der Waals surface area contributed by atoms with Gasteiger partial charge in [0.1, 0.15) is 0 Å². The van der Waals surface area contributed by atoms with Gasteiger partial charge in [-0.3, -0.25) is 0 Å². The van der Waals surface area contributed by atoms with Gasteiger partial charge in [0.15, 0.2) is 0 Å². The molecule has 0 aromatic heterocycles. The summed E-state index contributed by atoms with van der Waals surface area (Å²) in [6.07, 6.45) is 4.85. The largest absolute Gasteiger partial charge is 1.00 e. The zero-order valence-electron chi connectivity index (χ0n) is 9.14. The topological polar surface area (TPSA) is 0 Å². The Morgan fingerprint density at radius 1 is 1.14 bits per heavy atom. The quantitative estimate of drug-likeness (QED) is 0.520. The monoisotopic (exact) mass is 309 g/mol. The van der Waals surface area contributed by atoms with Crippen LogP contribution in [0.2, 0.25) is 0 Å². The van der Waals surface area contributed by atoms with Crippen molar-refractivity contribution in [2.24, 2.45) is 17.8 Å². The second kappa shape index (κ2) is 7.26. The zero-order chi connectivity index (χ0) is 9.30. The predicted molar refractivity (Wildman–Crippen MR) is 49.3 cm³/mol. The normalized spacial score (nSPS) is 20.1.